The summed E-state index contributed by atoms with van der Waals surface area (Å²) in [5.41, 5.74) is 4.74. The standard InChI is InChI=1S/C21H27N.ClH/c1-21(18-11-5-4-6-12-18)16-17(10-9-15-22(2)3)19-13-7-8-14-20(19)21;/h4-8,11-14,17H,9-10,15-16H2,1-3H3;1H/t17-,21+;/m1./s1. The molecule has 3 rings (SSSR count). The predicted molar refractivity (Wildman–Crippen MR) is 102 cm³/mol. The van der Waals surface area contributed by atoms with Gasteiger partial charge in [-0.1, -0.05) is 61.5 Å². The van der Waals surface area contributed by atoms with Crippen molar-refractivity contribution in [3.05, 3.63) is 71.3 Å². The first-order valence-electron chi connectivity index (χ1n) is 8.41. The lowest BCUT2D eigenvalue weighted by Crippen LogP contribution is -2.20. The highest BCUT2D eigenvalue weighted by Gasteiger charge is 2.40. The van der Waals surface area contributed by atoms with Crippen molar-refractivity contribution in [2.24, 2.45) is 0 Å². The van der Waals surface area contributed by atoms with Crippen LogP contribution in [0.1, 0.15) is 48.8 Å². The Morgan fingerprint density at radius 3 is 2.35 bits per heavy atom. The summed E-state index contributed by atoms with van der Waals surface area (Å²) in [4.78, 5) is 2.29. The fourth-order valence-corrected chi connectivity index (χ4v) is 4.06. The molecular formula is C21H28ClN. The molecule has 0 aliphatic heterocycles. The molecule has 0 fully saturated rings. The van der Waals surface area contributed by atoms with Gasteiger partial charge < -0.3 is 4.90 Å². The Hall–Kier alpha value is -1.31. The minimum atomic E-state index is 0. The maximum absolute atomic E-state index is 2.42. The fraction of sp³-hybridized carbons (Fsp3) is 0.429. The lowest BCUT2D eigenvalue weighted by Gasteiger charge is -2.27. The number of rotatable bonds is 5. The maximum Gasteiger partial charge on any atom is 0.0183 e. The van der Waals surface area contributed by atoms with Gasteiger partial charge in [-0.2, -0.15) is 0 Å². The number of fused-ring (bicyclic) bond motifs is 1. The third-order valence-electron chi connectivity index (χ3n) is 5.22. The zero-order chi connectivity index (χ0) is 15.6. The minimum Gasteiger partial charge on any atom is -0.309 e. The van der Waals surface area contributed by atoms with Crippen molar-refractivity contribution in [1.82, 2.24) is 4.90 Å². The molecule has 0 spiro atoms. The SMILES string of the molecule is CN(C)CCC[C@@H]1C[C@@](C)(c2ccccc2)c2ccccc21.Cl. The van der Waals surface area contributed by atoms with E-state index >= 15 is 0 Å². The van der Waals surface area contributed by atoms with E-state index in [2.05, 4.69) is 80.5 Å². The Morgan fingerprint density at radius 2 is 1.65 bits per heavy atom. The molecule has 124 valence electrons. The molecule has 0 radical (unpaired) electrons. The number of nitrogens with zero attached hydrogens (tertiary/aromatic N) is 1. The molecule has 0 amide bonds. The molecule has 0 heterocycles. The van der Waals surface area contributed by atoms with Crippen LogP contribution >= 0.6 is 12.4 Å². The van der Waals surface area contributed by atoms with Crippen LogP contribution in [0.3, 0.4) is 0 Å². The third-order valence-corrected chi connectivity index (χ3v) is 5.22. The third kappa shape index (κ3) is 3.62. The van der Waals surface area contributed by atoms with Crippen LogP contribution in [0.4, 0.5) is 0 Å². The molecule has 0 saturated carbocycles. The van der Waals surface area contributed by atoms with Crippen LogP contribution in [0.25, 0.3) is 0 Å². The van der Waals surface area contributed by atoms with Crippen LogP contribution in [-0.2, 0) is 5.41 Å². The van der Waals surface area contributed by atoms with Gasteiger partial charge in [-0.3, -0.25) is 0 Å². The van der Waals surface area contributed by atoms with E-state index in [1.807, 2.05) is 0 Å². The molecule has 2 heteroatoms. The van der Waals surface area contributed by atoms with Crippen molar-refractivity contribution in [2.75, 3.05) is 20.6 Å². The smallest absolute Gasteiger partial charge is 0.0183 e. The summed E-state index contributed by atoms with van der Waals surface area (Å²) in [6, 6.07) is 20.1. The number of halogens is 1. The summed E-state index contributed by atoms with van der Waals surface area (Å²) in [5.74, 6) is 0.696. The van der Waals surface area contributed by atoms with Crippen molar-refractivity contribution < 1.29 is 0 Å². The van der Waals surface area contributed by atoms with Crippen LogP contribution in [0.15, 0.2) is 54.6 Å². The monoisotopic (exact) mass is 329 g/mol. The summed E-state index contributed by atoms with van der Waals surface area (Å²) < 4.78 is 0. The van der Waals surface area contributed by atoms with Gasteiger partial charge in [0.1, 0.15) is 0 Å². The highest BCUT2D eigenvalue weighted by molar-refractivity contribution is 5.85. The Bertz CT molecular complexity index is 623. The van der Waals surface area contributed by atoms with Gasteiger partial charge in [0.15, 0.2) is 0 Å². The van der Waals surface area contributed by atoms with Crippen LogP contribution in [0.2, 0.25) is 0 Å². The lowest BCUT2D eigenvalue weighted by atomic mass is 9.77. The minimum absolute atomic E-state index is 0. The van der Waals surface area contributed by atoms with Crippen molar-refractivity contribution in [3.63, 3.8) is 0 Å². The molecule has 1 aliphatic carbocycles. The molecule has 0 unspecified atom stereocenters. The van der Waals surface area contributed by atoms with Crippen LogP contribution in [-0.4, -0.2) is 25.5 Å². The Balaban J connectivity index is 0.00000192. The number of benzene rings is 2. The van der Waals surface area contributed by atoms with Gasteiger partial charge in [-0.25, -0.2) is 0 Å². The van der Waals surface area contributed by atoms with Crippen LogP contribution in [0, 0.1) is 0 Å². The van der Waals surface area contributed by atoms with Gasteiger partial charge in [-0.15, -0.1) is 12.4 Å². The maximum atomic E-state index is 2.42. The zero-order valence-electron chi connectivity index (χ0n) is 14.5. The van der Waals surface area contributed by atoms with Crippen LogP contribution < -0.4 is 0 Å². The Kier molecular flexibility index (Phi) is 5.89. The largest absolute Gasteiger partial charge is 0.309 e. The summed E-state index contributed by atoms with van der Waals surface area (Å²) in [6.45, 7) is 3.60. The second-order valence-electron chi connectivity index (χ2n) is 7.13. The fourth-order valence-electron chi connectivity index (χ4n) is 4.06. The lowest BCUT2D eigenvalue weighted by molar-refractivity contribution is 0.377. The van der Waals surface area contributed by atoms with Gasteiger partial charge in [0.2, 0.25) is 0 Å². The normalized spacial score (nSPS) is 22.7. The Labute approximate surface area is 147 Å². The number of hydrogen-bond acceptors (Lipinski definition) is 1. The van der Waals surface area contributed by atoms with Gasteiger partial charge in [0.25, 0.3) is 0 Å². The molecule has 0 bridgehead atoms. The van der Waals surface area contributed by atoms with Gasteiger partial charge in [-0.05, 0) is 62.5 Å². The molecule has 2 aromatic carbocycles. The van der Waals surface area contributed by atoms with E-state index in [1.165, 1.54) is 36.9 Å². The van der Waals surface area contributed by atoms with E-state index in [1.54, 1.807) is 5.56 Å². The van der Waals surface area contributed by atoms with E-state index in [4.69, 9.17) is 0 Å². The first kappa shape index (κ1) is 18.0. The number of hydrogen-bond donors (Lipinski definition) is 0. The average Bonchev–Trinajstić information content (AvgIpc) is 2.83. The molecule has 1 aliphatic rings. The van der Waals surface area contributed by atoms with Crippen molar-refractivity contribution in [1.29, 1.82) is 0 Å². The van der Waals surface area contributed by atoms with E-state index in [0.29, 0.717) is 5.92 Å². The molecule has 2 aromatic rings. The van der Waals surface area contributed by atoms with Gasteiger partial charge >= 0.3 is 0 Å². The van der Waals surface area contributed by atoms with E-state index in [-0.39, 0.29) is 17.8 Å². The molecule has 0 aromatic heterocycles. The molecule has 0 N–H and O–H groups in total. The van der Waals surface area contributed by atoms with Crippen molar-refractivity contribution in [2.45, 2.75) is 37.5 Å². The van der Waals surface area contributed by atoms with E-state index < -0.39 is 0 Å². The predicted octanol–water partition coefficient (Wildman–Crippen LogP) is 5.24. The van der Waals surface area contributed by atoms with Crippen molar-refractivity contribution in [3.8, 4) is 0 Å². The van der Waals surface area contributed by atoms with Gasteiger partial charge in [0.05, 0.1) is 0 Å². The molecule has 23 heavy (non-hydrogen) atoms. The first-order valence-corrected chi connectivity index (χ1v) is 8.41. The highest BCUT2D eigenvalue weighted by Crippen LogP contribution is 2.51. The summed E-state index contributed by atoms with van der Waals surface area (Å²) in [6.07, 6.45) is 3.80. The van der Waals surface area contributed by atoms with Gasteiger partial charge in [0, 0.05) is 5.41 Å². The summed E-state index contributed by atoms with van der Waals surface area (Å²) in [7, 11) is 4.33. The highest BCUT2D eigenvalue weighted by atomic mass is 35.5. The molecule has 1 nitrogen and oxygen atoms in total. The first-order chi connectivity index (χ1) is 10.6. The van der Waals surface area contributed by atoms with E-state index in [9.17, 15) is 0 Å². The second kappa shape index (κ2) is 7.51. The molecular weight excluding hydrogens is 302 g/mol. The summed E-state index contributed by atoms with van der Waals surface area (Å²) >= 11 is 0. The average molecular weight is 330 g/mol. The van der Waals surface area contributed by atoms with Crippen LogP contribution in [0.5, 0.6) is 0 Å². The topological polar surface area (TPSA) is 3.24 Å². The van der Waals surface area contributed by atoms with Crippen molar-refractivity contribution >= 4 is 12.4 Å². The Morgan fingerprint density at radius 1 is 1.00 bits per heavy atom. The zero-order valence-corrected chi connectivity index (χ0v) is 15.3. The summed E-state index contributed by atoms with van der Waals surface area (Å²) in [5, 5.41) is 0. The quantitative estimate of drug-likeness (QED) is 0.724. The van der Waals surface area contributed by atoms with E-state index in [0.717, 1.165) is 0 Å². The second-order valence-corrected chi connectivity index (χ2v) is 7.13. The molecule has 0 saturated heterocycles. The molecule has 2 atom stereocenters.